The minimum atomic E-state index is -1.18. The van der Waals surface area contributed by atoms with Crippen LogP contribution in [-0.4, -0.2) is 51.4 Å². The van der Waals surface area contributed by atoms with E-state index in [1.54, 1.807) is 23.6 Å². The van der Waals surface area contributed by atoms with Crippen molar-refractivity contribution >= 4 is 28.9 Å². The molecule has 1 aliphatic rings. The van der Waals surface area contributed by atoms with Crippen molar-refractivity contribution < 1.29 is 4.39 Å². The normalized spacial score (nSPS) is 17.8. The highest BCUT2D eigenvalue weighted by atomic mass is 32.2. The van der Waals surface area contributed by atoms with Crippen molar-refractivity contribution in [2.75, 3.05) is 31.2 Å². The molecular weight excluding hydrogens is 345 g/mol. The first-order valence-electron chi connectivity index (χ1n) is 7.99. The van der Waals surface area contributed by atoms with E-state index in [9.17, 15) is 0 Å². The summed E-state index contributed by atoms with van der Waals surface area (Å²) in [6, 6.07) is 1.78. The number of nitrogens with one attached hydrogen (secondary N) is 1. The van der Waals surface area contributed by atoms with Crippen LogP contribution >= 0.6 is 23.1 Å². The molecule has 1 saturated heterocycles. The summed E-state index contributed by atoms with van der Waals surface area (Å²) >= 11 is 3.14. The molecule has 3 rings (SSSR count). The predicted molar refractivity (Wildman–Crippen MR) is 97.5 cm³/mol. The van der Waals surface area contributed by atoms with E-state index in [0.717, 1.165) is 30.3 Å². The zero-order valence-electron chi connectivity index (χ0n) is 14.0. The molecule has 2 aromatic rings. The van der Waals surface area contributed by atoms with Crippen molar-refractivity contribution in [1.29, 1.82) is 0 Å². The van der Waals surface area contributed by atoms with E-state index in [4.69, 9.17) is 0 Å². The third kappa shape index (κ3) is 4.64. The lowest BCUT2D eigenvalue weighted by atomic mass is 9.93. The molecule has 0 saturated carbocycles. The van der Waals surface area contributed by atoms with Gasteiger partial charge < -0.3 is 5.32 Å². The highest BCUT2D eigenvalue weighted by Crippen LogP contribution is 2.28. The van der Waals surface area contributed by atoms with Crippen LogP contribution < -0.4 is 5.32 Å². The molecule has 0 aromatic carbocycles. The maximum absolute atomic E-state index is 15.0. The van der Waals surface area contributed by atoms with Crippen molar-refractivity contribution in [2.24, 2.45) is 0 Å². The number of aromatic nitrogens is 3. The molecule has 0 atom stereocenters. The second kappa shape index (κ2) is 7.76. The number of halogens is 1. The summed E-state index contributed by atoms with van der Waals surface area (Å²) in [5.74, 6) is 0.687. The Morgan fingerprint density at radius 2 is 2.17 bits per heavy atom. The quantitative estimate of drug-likeness (QED) is 0.624. The number of alkyl halides is 1. The Kier molecular flexibility index (Phi) is 5.68. The Hall–Kier alpha value is -1.25. The van der Waals surface area contributed by atoms with Crippen molar-refractivity contribution in [3.63, 3.8) is 0 Å². The van der Waals surface area contributed by atoms with Crippen molar-refractivity contribution in [3.8, 4) is 0 Å². The van der Waals surface area contributed by atoms with E-state index >= 15 is 4.39 Å². The van der Waals surface area contributed by atoms with Crippen LogP contribution in [0.2, 0.25) is 0 Å². The lowest BCUT2D eigenvalue weighted by molar-refractivity contribution is 0.0649. The minimum Gasteiger partial charge on any atom is -0.367 e. The number of likely N-dealkylation sites (tertiary alicyclic amines) is 1. The molecule has 3 heterocycles. The Morgan fingerprint density at radius 3 is 2.83 bits per heavy atom. The largest absolute Gasteiger partial charge is 0.367 e. The molecular formula is C16H22FN5S2. The standard InChI is InChI=1S/C16H22FN5S2/c1-12-20-13(10-24-12)9-22-7-4-16(17,5-8-22)11-19-14-3-6-18-15(21-14)23-2/h3,6,10H,4-5,7-9,11H2,1-2H3,(H,18,19,21). The lowest BCUT2D eigenvalue weighted by Gasteiger charge is -2.36. The highest BCUT2D eigenvalue weighted by molar-refractivity contribution is 7.98. The van der Waals surface area contributed by atoms with E-state index < -0.39 is 5.67 Å². The van der Waals surface area contributed by atoms with Crippen molar-refractivity contribution in [2.45, 2.75) is 37.1 Å². The molecule has 0 bridgehead atoms. The molecule has 0 amide bonds. The molecule has 1 aliphatic heterocycles. The van der Waals surface area contributed by atoms with Gasteiger partial charge in [0.15, 0.2) is 5.16 Å². The van der Waals surface area contributed by atoms with E-state index in [0.29, 0.717) is 30.4 Å². The summed E-state index contributed by atoms with van der Waals surface area (Å²) in [5, 5.41) is 7.00. The third-order valence-electron chi connectivity index (χ3n) is 4.21. The van der Waals surface area contributed by atoms with Crippen LogP contribution in [-0.2, 0) is 6.54 Å². The van der Waals surface area contributed by atoms with E-state index in [1.807, 2.05) is 13.2 Å². The third-order valence-corrected chi connectivity index (χ3v) is 5.59. The molecule has 0 spiro atoms. The Balaban J connectivity index is 1.49. The first-order chi connectivity index (χ1) is 11.6. The molecule has 24 heavy (non-hydrogen) atoms. The molecule has 5 nitrogen and oxygen atoms in total. The van der Waals surface area contributed by atoms with Gasteiger partial charge in [-0.05, 0) is 32.1 Å². The summed E-state index contributed by atoms with van der Waals surface area (Å²) in [5.41, 5.74) is -0.0912. The number of hydrogen-bond donors (Lipinski definition) is 1. The average Bonchev–Trinajstić information content (AvgIpc) is 3.01. The number of aryl methyl sites for hydroxylation is 1. The number of thiazole rings is 1. The van der Waals surface area contributed by atoms with Crippen LogP contribution in [0.3, 0.4) is 0 Å². The zero-order valence-corrected chi connectivity index (χ0v) is 15.6. The fraction of sp³-hybridized carbons (Fsp3) is 0.562. The monoisotopic (exact) mass is 367 g/mol. The maximum atomic E-state index is 15.0. The van der Waals surface area contributed by atoms with Gasteiger partial charge in [-0.25, -0.2) is 19.3 Å². The van der Waals surface area contributed by atoms with Crippen LogP contribution in [0.5, 0.6) is 0 Å². The van der Waals surface area contributed by atoms with E-state index in [-0.39, 0.29) is 0 Å². The van der Waals surface area contributed by atoms with Gasteiger partial charge in [-0.15, -0.1) is 11.3 Å². The Labute approximate surface area is 150 Å². The Morgan fingerprint density at radius 1 is 1.38 bits per heavy atom. The molecule has 8 heteroatoms. The smallest absolute Gasteiger partial charge is 0.189 e. The van der Waals surface area contributed by atoms with E-state index in [2.05, 4.69) is 30.5 Å². The Bertz CT molecular complexity index is 670. The van der Waals surface area contributed by atoms with Gasteiger partial charge in [0.1, 0.15) is 11.5 Å². The van der Waals surface area contributed by atoms with Crippen LogP contribution in [0.15, 0.2) is 22.8 Å². The summed E-state index contributed by atoms with van der Waals surface area (Å²) in [6.07, 6.45) is 4.69. The van der Waals surface area contributed by atoms with Gasteiger partial charge >= 0.3 is 0 Å². The fourth-order valence-electron chi connectivity index (χ4n) is 2.79. The van der Waals surface area contributed by atoms with Gasteiger partial charge in [0.25, 0.3) is 0 Å². The minimum absolute atomic E-state index is 0.293. The van der Waals surface area contributed by atoms with Gasteiger partial charge in [-0.2, -0.15) is 0 Å². The van der Waals surface area contributed by atoms with Gasteiger partial charge in [-0.3, -0.25) is 4.90 Å². The summed E-state index contributed by atoms with van der Waals surface area (Å²) in [7, 11) is 0. The topological polar surface area (TPSA) is 53.9 Å². The van der Waals surface area contributed by atoms with Crippen LogP contribution in [0.4, 0.5) is 10.2 Å². The van der Waals surface area contributed by atoms with Gasteiger partial charge in [-0.1, -0.05) is 11.8 Å². The number of thioether (sulfide) groups is 1. The SMILES string of the molecule is CSc1nccc(NCC2(F)CCN(Cc3csc(C)n3)CC2)n1. The number of hydrogen-bond acceptors (Lipinski definition) is 7. The molecule has 130 valence electrons. The fourth-order valence-corrected chi connectivity index (χ4v) is 3.74. The second-order valence-corrected chi connectivity index (χ2v) is 7.90. The van der Waals surface area contributed by atoms with Crippen LogP contribution in [0, 0.1) is 6.92 Å². The predicted octanol–water partition coefficient (Wildman–Crippen LogP) is 3.38. The van der Waals surface area contributed by atoms with Gasteiger partial charge in [0.2, 0.25) is 0 Å². The van der Waals surface area contributed by atoms with E-state index in [1.165, 1.54) is 11.8 Å². The molecule has 1 N–H and O–H groups in total. The first kappa shape index (κ1) is 17.6. The van der Waals surface area contributed by atoms with Crippen molar-refractivity contribution in [3.05, 3.63) is 28.3 Å². The zero-order chi connectivity index (χ0) is 17.0. The lowest BCUT2D eigenvalue weighted by Crippen LogP contribution is -2.45. The van der Waals surface area contributed by atoms with Gasteiger partial charge in [0, 0.05) is 31.2 Å². The number of nitrogens with zero attached hydrogens (tertiary/aromatic N) is 4. The molecule has 1 fully saturated rings. The average molecular weight is 368 g/mol. The van der Waals surface area contributed by atoms with Crippen LogP contribution in [0.1, 0.15) is 23.5 Å². The molecule has 0 radical (unpaired) electrons. The van der Waals surface area contributed by atoms with Crippen LogP contribution in [0.25, 0.3) is 0 Å². The molecule has 0 aliphatic carbocycles. The number of anilines is 1. The maximum Gasteiger partial charge on any atom is 0.189 e. The molecule has 0 unspecified atom stereocenters. The molecule has 2 aromatic heterocycles. The highest BCUT2D eigenvalue weighted by Gasteiger charge is 2.34. The van der Waals surface area contributed by atoms with Crippen molar-refractivity contribution in [1.82, 2.24) is 19.9 Å². The number of rotatable bonds is 6. The summed E-state index contributed by atoms with van der Waals surface area (Å²) < 4.78 is 15.0. The van der Waals surface area contributed by atoms with Gasteiger partial charge in [0.05, 0.1) is 17.2 Å². The second-order valence-electron chi connectivity index (χ2n) is 6.07. The first-order valence-corrected chi connectivity index (χ1v) is 10.1. The number of piperidine rings is 1. The summed E-state index contributed by atoms with van der Waals surface area (Å²) in [6.45, 7) is 4.64. The summed E-state index contributed by atoms with van der Waals surface area (Å²) in [4.78, 5) is 15.2.